The van der Waals surface area contributed by atoms with Crippen molar-refractivity contribution < 1.29 is 33.6 Å². The van der Waals surface area contributed by atoms with Crippen molar-refractivity contribution in [2.75, 3.05) is 26.4 Å². The van der Waals surface area contributed by atoms with Crippen LogP contribution in [0.3, 0.4) is 0 Å². The highest BCUT2D eigenvalue weighted by Crippen LogP contribution is 2.25. The van der Waals surface area contributed by atoms with Gasteiger partial charge in [-0.05, 0) is 12.1 Å². The third kappa shape index (κ3) is 3.50. The number of esters is 2. The molecule has 2 fully saturated rings. The lowest BCUT2D eigenvalue weighted by atomic mass is 10.1. The maximum Gasteiger partial charge on any atom is 0.342 e. The minimum Gasteiger partial charge on any atom is -0.506 e. The number of epoxide rings is 2. The van der Waals surface area contributed by atoms with E-state index in [-0.39, 0.29) is 36.5 Å². The highest BCUT2D eigenvalue weighted by atomic mass is 16.6. The number of rotatable bonds is 6. The van der Waals surface area contributed by atoms with E-state index in [9.17, 15) is 14.7 Å². The van der Waals surface area contributed by atoms with E-state index in [0.29, 0.717) is 13.2 Å². The van der Waals surface area contributed by atoms with Crippen LogP contribution in [0, 0.1) is 0 Å². The monoisotopic (exact) mass is 294 g/mol. The zero-order valence-electron chi connectivity index (χ0n) is 11.1. The average molecular weight is 294 g/mol. The number of ether oxygens (including phenoxy) is 4. The van der Waals surface area contributed by atoms with Crippen molar-refractivity contribution in [3.63, 3.8) is 0 Å². The molecule has 112 valence electrons. The first-order chi connectivity index (χ1) is 10.1. The predicted octanol–water partition coefficient (Wildman–Crippen LogP) is 0.503. The van der Waals surface area contributed by atoms with Gasteiger partial charge in [-0.2, -0.15) is 0 Å². The first kappa shape index (κ1) is 13.8. The molecule has 2 saturated heterocycles. The highest BCUT2D eigenvalue weighted by Gasteiger charge is 2.28. The number of phenols is 1. The van der Waals surface area contributed by atoms with Crippen LogP contribution in [0.4, 0.5) is 0 Å². The second kappa shape index (κ2) is 5.71. The molecule has 0 aromatic heterocycles. The molecule has 0 aliphatic carbocycles. The van der Waals surface area contributed by atoms with Crippen molar-refractivity contribution in [3.05, 3.63) is 29.3 Å². The maximum absolute atomic E-state index is 11.8. The van der Waals surface area contributed by atoms with Gasteiger partial charge in [0, 0.05) is 0 Å². The molecule has 1 aromatic rings. The first-order valence-corrected chi connectivity index (χ1v) is 6.54. The Morgan fingerprint density at radius 3 is 1.86 bits per heavy atom. The van der Waals surface area contributed by atoms with Crippen LogP contribution in [-0.2, 0) is 18.9 Å². The van der Waals surface area contributed by atoms with E-state index in [1.807, 2.05) is 0 Å². The summed E-state index contributed by atoms with van der Waals surface area (Å²) >= 11 is 0. The predicted molar refractivity (Wildman–Crippen MR) is 68.2 cm³/mol. The van der Waals surface area contributed by atoms with E-state index in [1.165, 1.54) is 18.2 Å². The molecule has 2 unspecified atom stereocenters. The Hall–Kier alpha value is -2.12. The van der Waals surface area contributed by atoms with E-state index >= 15 is 0 Å². The Balaban J connectivity index is 1.67. The molecule has 0 amide bonds. The third-order valence-electron chi connectivity index (χ3n) is 3.08. The maximum atomic E-state index is 11.8. The molecule has 2 aliphatic rings. The van der Waals surface area contributed by atoms with Gasteiger partial charge in [0.1, 0.15) is 42.3 Å². The zero-order chi connectivity index (χ0) is 14.8. The van der Waals surface area contributed by atoms with Crippen LogP contribution in [0.15, 0.2) is 18.2 Å². The van der Waals surface area contributed by atoms with E-state index in [1.54, 1.807) is 0 Å². The van der Waals surface area contributed by atoms with Crippen LogP contribution in [-0.4, -0.2) is 55.7 Å². The average Bonchev–Trinajstić information content (AvgIpc) is 3.37. The number of para-hydroxylation sites is 1. The molecule has 2 heterocycles. The topological polar surface area (TPSA) is 97.9 Å². The van der Waals surface area contributed by atoms with Gasteiger partial charge in [-0.15, -0.1) is 0 Å². The summed E-state index contributed by atoms with van der Waals surface area (Å²) in [6.07, 6.45) is -0.134. The van der Waals surface area contributed by atoms with Crippen LogP contribution in [0.1, 0.15) is 20.7 Å². The second-order valence-corrected chi connectivity index (χ2v) is 4.81. The number of hydrogen-bond acceptors (Lipinski definition) is 7. The van der Waals surface area contributed by atoms with Gasteiger partial charge in [0.2, 0.25) is 0 Å². The Morgan fingerprint density at radius 1 is 1.05 bits per heavy atom. The molecule has 0 saturated carbocycles. The molecule has 7 nitrogen and oxygen atoms in total. The van der Waals surface area contributed by atoms with E-state index in [4.69, 9.17) is 18.9 Å². The largest absolute Gasteiger partial charge is 0.506 e. The van der Waals surface area contributed by atoms with Crippen LogP contribution < -0.4 is 0 Å². The Bertz CT molecular complexity index is 514. The van der Waals surface area contributed by atoms with Gasteiger partial charge in [0.05, 0.1) is 13.2 Å². The van der Waals surface area contributed by atoms with Gasteiger partial charge in [0.15, 0.2) is 0 Å². The molecule has 1 aromatic carbocycles. The number of aromatic hydroxyl groups is 1. The lowest BCUT2D eigenvalue weighted by molar-refractivity contribution is 0.0467. The van der Waals surface area contributed by atoms with Crippen molar-refractivity contribution >= 4 is 11.9 Å². The fourth-order valence-electron chi connectivity index (χ4n) is 1.69. The van der Waals surface area contributed by atoms with Crippen molar-refractivity contribution in [1.29, 1.82) is 0 Å². The zero-order valence-corrected chi connectivity index (χ0v) is 11.1. The summed E-state index contributed by atoms with van der Waals surface area (Å²) in [5.41, 5.74) is -0.152. The quantitative estimate of drug-likeness (QED) is 0.602. The van der Waals surface area contributed by atoms with Gasteiger partial charge in [0.25, 0.3) is 0 Å². The third-order valence-corrected chi connectivity index (χ3v) is 3.08. The Kier molecular flexibility index (Phi) is 3.76. The minimum atomic E-state index is -0.705. The summed E-state index contributed by atoms with van der Waals surface area (Å²) in [7, 11) is 0. The van der Waals surface area contributed by atoms with Crippen LogP contribution >= 0.6 is 0 Å². The number of carbonyl (C=O) groups is 2. The number of carbonyl (C=O) groups excluding carboxylic acids is 2. The van der Waals surface area contributed by atoms with E-state index in [0.717, 1.165) is 0 Å². The summed E-state index contributed by atoms with van der Waals surface area (Å²) in [6, 6.07) is 4.24. The second-order valence-electron chi connectivity index (χ2n) is 4.81. The normalized spacial score (nSPS) is 22.5. The Morgan fingerprint density at radius 2 is 1.48 bits per heavy atom. The highest BCUT2D eigenvalue weighted by molar-refractivity contribution is 5.99. The molecule has 2 aliphatic heterocycles. The smallest absolute Gasteiger partial charge is 0.342 e. The summed E-state index contributed by atoms with van der Waals surface area (Å²) in [6.45, 7) is 1.39. The van der Waals surface area contributed by atoms with Crippen LogP contribution in [0.25, 0.3) is 0 Å². The molecule has 0 bridgehead atoms. The fraction of sp³-hybridized carbons (Fsp3) is 0.429. The summed E-state index contributed by atoms with van der Waals surface area (Å²) in [4.78, 5) is 23.7. The number of hydrogen-bond donors (Lipinski definition) is 1. The summed E-state index contributed by atoms with van der Waals surface area (Å²) in [5, 5.41) is 10.0. The van der Waals surface area contributed by atoms with E-state index in [2.05, 4.69) is 0 Å². The molecule has 2 atom stereocenters. The van der Waals surface area contributed by atoms with Crippen molar-refractivity contribution in [1.82, 2.24) is 0 Å². The van der Waals surface area contributed by atoms with Crippen molar-refractivity contribution in [3.8, 4) is 5.75 Å². The molecular formula is C14H14O7. The lowest BCUT2D eigenvalue weighted by Gasteiger charge is -2.09. The molecule has 21 heavy (non-hydrogen) atoms. The van der Waals surface area contributed by atoms with Crippen LogP contribution in [0.5, 0.6) is 5.75 Å². The SMILES string of the molecule is O=C(OCC1CO1)c1cccc(C(=O)OCC2CO2)c1O. The van der Waals surface area contributed by atoms with Crippen LogP contribution in [0.2, 0.25) is 0 Å². The Labute approximate surface area is 120 Å². The summed E-state index contributed by atoms with van der Waals surface area (Å²) < 4.78 is 19.8. The molecule has 1 N–H and O–H groups in total. The minimum absolute atomic E-state index is 0.0669. The standard InChI is InChI=1S/C14H14O7/c15-12-10(13(16)20-6-8-4-18-8)2-1-3-11(12)14(17)21-7-9-5-19-9/h1-3,8-9,15H,4-7H2. The lowest BCUT2D eigenvalue weighted by Crippen LogP contribution is -2.13. The fourth-order valence-corrected chi connectivity index (χ4v) is 1.69. The van der Waals surface area contributed by atoms with Gasteiger partial charge < -0.3 is 24.1 Å². The van der Waals surface area contributed by atoms with Crippen molar-refractivity contribution in [2.24, 2.45) is 0 Å². The molecule has 0 spiro atoms. The van der Waals surface area contributed by atoms with Gasteiger partial charge in [-0.1, -0.05) is 6.07 Å². The van der Waals surface area contributed by atoms with Gasteiger partial charge in [-0.3, -0.25) is 0 Å². The van der Waals surface area contributed by atoms with Gasteiger partial charge >= 0.3 is 11.9 Å². The summed E-state index contributed by atoms with van der Waals surface area (Å²) in [5.74, 6) is -1.85. The first-order valence-electron chi connectivity index (χ1n) is 6.54. The van der Waals surface area contributed by atoms with Gasteiger partial charge in [-0.25, -0.2) is 9.59 Å². The molecular weight excluding hydrogens is 280 g/mol. The number of phenolic OH excluding ortho intramolecular Hbond substituents is 1. The van der Waals surface area contributed by atoms with Crippen molar-refractivity contribution in [2.45, 2.75) is 12.2 Å². The molecule has 0 radical (unpaired) electrons. The molecule has 3 rings (SSSR count). The molecule has 7 heteroatoms. The number of benzene rings is 1. The van der Waals surface area contributed by atoms with E-state index < -0.39 is 17.7 Å².